The van der Waals surface area contributed by atoms with Crippen molar-refractivity contribution in [2.24, 2.45) is 5.10 Å². The van der Waals surface area contributed by atoms with E-state index in [1.807, 2.05) is 50.2 Å². The number of ether oxygens (including phenoxy) is 1. The van der Waals surface area contributed by atoms with E-state index in [9.17, 15) is 4.57 Å². The highest BCUT2D eigenvalue weighted by atomic mass is 79.9. The SMILES string of the molecule is COc1ccc(C=NNP(=O)(Oc2cccc(C)c2)Oc2cccc(C)c2)cc1Br. The van der Waals surface area contributed by atoms with Crippen molar-refractivity contribution < 1.29 is 18.3 Å². The molecule has 0 unspecified atom stereocenters. The van der Waals surface area contributed by atoms with Crippen molar-refractivity contribution in [3.8, 4) is 17.2 Å². The Balaban J connectivity index is 1.83. The van der Waals surface area contributed by atoms with Crippen LogP contribution in [-0.2, 0) is 4.57 Å². The van der Waals surface area contributed by atoms with Gasteiger partial charge in [-0.25, -0.2) is 4.57 Å². The number of hydrogen-bond donors (Lipinski definition) is 1. The molecule has 3 rings (SSSR count). The molecule has 0 spiro atoms. The Morgan fingerprint density at radius 3 is 2.03 bits per heavy atom. The molecule has 0 aliphatic rings. The van der Waals surface area contributed by atoms with E-state index in [-0.39, 0.29) is 0 Å². The lowest BCUT2D eigenvalue weighted by atomic mass is 10.2. The Kier molecular flexibility index (Phi) is 7.19. The maximum Gasteiger partial charge on any atom is 0.557 e. The van der Waals surface area contributed by atoms with Gasteiger partial charge in [0, 0.05) is 0 Å². The van der Waals surface area contributed by atoms with E-state index in [2.05, 4.69) is 26.2 Å². The van der Waals surface area contributed by atoms with E-state index in [1.165, 1.54) is 6.21 Å². The number of nitrogens with zero attached hydrogens (tertiary/aromatic N) is 1. The van der Waals surface area contributed by atoms with Crippen LogP contribution in [0.4, 0.5) is 0 Å². The number of rotatable bonds is 8. The fourth-order valence-electron chi connectivity index (χ4n) is 2.62. The monoisotopic (exact) mass is 488 g/mol. The Bertz CT molecular complexity index is 1050. The van der Waals surface area contributed by atoms with Crippen LogP contribution in [0.5, 0.6) is 17.2 Å². The first-order valence-corrected chi connectivity index (χ1v) is 11.5. The highest BCUT2D eigenvalue weighted by molar-refractivity contribution is 9.10. The first-order valence-electron chi connectivity index (χ1n) is 9.13. The van der Waals surface area contributed by atoms with Gasteiger partial charge >= 0.3 is 7.75 Å². The minimum atomic E-state index is -3.85. The summed E-state index contributed by atoms with van der Waals surface area (Å²) < 4.78 is 30.8. The van der Waals surface area contributed by atoms with Gasteiger partial charge in [-0.15, -0.1) is 0 Å². The van der Waals surface area contributed by atoms with Gasteiger partial charge in [0.2, 0.25) is 0 Å². The van der Waals surface area contributed by atoms with E-state index >= 15 is 0 Å². The van der Waals surface area contributed by atoms with Crippen molar-refractivity contribution in [1.29, 1.82) is 0 Å². The van der Waals surface area contributed by atoms with Crippen molar-refractivity contribution in [3.63, 3.8) is 0 Å². The molecule has 156 valence electrons. The molecule has 0 aliphatic carbocycles. The summed E-state index contributed by atoms with van der Waals surface area (Å²) in [6, 6.07) is 19.9. The highest BCUT2D eigenvalue weighted by Crippen LogP contribution is 2.45. The molecule has 0 saturated carbocycles. The normalized spacial score (nSPS) is 11.3. The maximum atomic E-state index is 13.4. The zero-order valence-corrected chi connectivity index (χ0v) is 19.3. The Morgan fingerprint density at radius 1 is 0.933 bits per heavy atom. The molecule has 30 heavy (non-hydrogen) atoms. The molecule has 8 heteroatoms. The molecule has 0 aliphatic heterocycles. The van der Waals surface area contributed by atoms with Crippen molar-refractivity contribution in [2.45, 2.75) is 13.8 Å². The quantitative estimate of drug-likeness (QED) is 0.230. The second-order valence-corrected chi connectivity index (χ2v) is 8.98. The zero-order valence-electron chi connectivity index (χ0n) is 16.8. The van der Waals surface area contributed by atoms with Crippen LogP contribution in [0.25, 0.3) is 0 Å². The van der Waals surface area contributed by atoms with Gasteiger partial charge in [-0.1, -0.05) is 24.3 Å². The number of hydrogen-bond acceptors (Lipinski definition) is 5. The molecule has 1 N–H and O–H groups in total. The third-order valence-corrected chi connectivity index (χ3v) is 5.88. The molecule has 0 fully saturated rings. The minimum Gasteiger partial charge on any atom is -0.496 e. The van der Waals surface area contributed by atoms with E-state index in [0.717, 1.165) is 21.2 Å². The van der Waals surface area contributed by atoms with E-state index in [1.54, 1.807) is 37.4 Å². The smallest absolute Gasteiger partial charge is 0.496 e. The van der Waals surface area contributed by atoms with Gasteiger partial charge in [0.05, 0.1) is 17.8 Å². The summed E-state index contributed by atoms with van der Waals surface area (Å²) >= 11 is 3.43. The van der Waals surface area contributed by atoms with Gasteiger partial charge in [-0.2, -0.15) is 10.3 Å². The average molecular weight is 489 g/mol. The molecule has 0 aromatic heterocycles. The fraction of sp³-hybridized carbons (Fsp3) is 0.136. The molecule has 0 bridgehead atoms. The molecular formula is C22H22BrN2O4P. The second kappa shape index (κ2) is 9.83. The summed E-state index contributed by atoms with van der Waals surface area (Å²) in [6.45, 7) is 3.85. The van der Waals surface area contributed by atoms with Gasteiger partial charge in [0.15, 0.2) is 0 Å². The molecule has 3 aromatic carbocycles. The number of methoxy groups -OCH3 is 1. The Morgan fingerprint density at radius 2 is 1.53 bits per heavy atom. The van der Waals surface area contributed by atoms with Gasteiger partial charge < -0.3 is 13.8 Å². The van der Waals surface area contributed by atoms with Gasteiger partial charge in [-0.05, 0) is 88.9 Å². The first kappa shape index (κ1) is 21.9. The number of aryl methyl sites for hydroxylation is 2. The molecule has 0 radical (unpaired) electrons. The molecule has 0 atom stereocenters. The zero-order chi connectivity index (χ0) is 21.6. The van der Waals surface area contributed by atoms with Crippen LogP contribution in [0.3, 0.4) is 0 Å². The van der Waals surface area contributed by atoms with Crippen LogP contribution in [0.1, 0.15) is 16.7 Å². The first-order chi connectivity index (χ1) is 14.4. The number of nitrogens with one attached hydrogen (secondary N) is 1. The molecule has 6 nitrogen and oxygen atoms in total. The lowest BCUT2D eigenvalue weighted by Gasteiger charge is -2.19. The third-order valence-electron chi connectivity index (χ3n) is 4.00. The number of benzene rings is 3. The molecule has 0 amide bonds. The van der Waals surface area contributed by atoms with Crippen molar-refractivity contribution in [2.75, 3.05) is 7.11 Å². The average Bonchev–Trinajstić information content (AvgIpc) is 2.68. The van der Waals surface area contributed by atoms with Crippen LogP contribution >= 0.6 is 23.7 Å². The molecule has 0 heterocycles. The lowest BCUT2D eigenvalue weighted by Crippen LogP contribution is -2.14. The van der Waals surface area contributed by atoms with Crippen LogP contribution in [0.2, 0.25) is 0 Å². The predicted molar refractivity (Wildman–Crippen MR) is 123 cm³/mol. The van der Waals surface area contributed by atoms with Crippen LogP contribution in [0.15, 0.2) is 76.3 Å². The van der Waals surface area contributed by atoms with Crippen molar-refractivity contribution in [1.82, 2.24) is 5.20 Å². The van der Waals surface area contributed by atoms with Gasteiger partial charge in [-0.3, -0.25) is 0 Å². The molecule has 0 saturated heterocycles. The van der Waals surface area contributed by atoms with E-state index in [0.29, 0.717) is 17.2 Å². The predicted octanol–water partition coefficient (Wildman–Crippen LogP) is 6.26. The van der Waals surface area contributed by atoms with Gasteiger partial charge in [0.1, 0.15) is 17.2 Å². The fourth-order valence-corrected chi connectivity index (χ4v) is 4.28. The topological polar surface area (TPSA) is 69.2 Å². The lowest BCUT2D eigenvalue weighted by molar-refractivity contribution is 0.372. The Labute approximate surface area is 184 Å². The number of halogens is 1. The summed E-state index contributed by atoms with van der Waals surface area (Å²) in [5, 5.41) is 6.66. The van der Waals surface area contributed by atoms with E-state index < -0.39 is 7.75 Å². The van der Waals surface area contributed by atoms with E-state index in [4.69, 9.17) is 13.8 Å². The molecular weight excluding hydrogens is 467 g/mol. The van der Waals surface area contributed by atoms with Crippen LogP contribution in [0, 0.1) is 13.8 Å². The standard InChI is InChI=1S/C22H22BrN2O4P/c1-16-6-4-8-19(12-16)28-30(26,29-20-9-5-7-17(2)13-20)25-24-15-18-10-11-22(27-3)21(23)14-18/h4-15H,1-3H3,(H,25,26). The molecule has 3 aromatic rings. The highest BCUT2D eigenvalue weighted by Gasteiger charge is 2.28. The van der Waals surface area contributed by atoms with Crippen molar-refractivity contribution >= 4 is 29.9 Å². The summed E-state index contributed by atoms with van der Waals surface area (Å²) in [5.41, 5.74) is 2.72. The second-order valence-electron chi connectivity index (χ2n) is 6.57. The van der Waals surface area contributed by atoms with Crippen LogP contribution in [-0.4, -0.2) is 13.3 Å². The summed E-state index contributed by atoms with van der Waals surface area (Å²) in [6.07, 6.45) is 1.52. The summed E-state index contributed by atoms with van der Waals surface area (Å²) in [4.78, 5) is 0. The minimum absolute atomic E-state index is 0.417. The van der Waals surface area contributed by atoms with Crippen LogP contribution < -0.4 is 19.0 Å². The maximum absolute atomic E-state index is 13.4. The summed E-state index contributed by atoms with van der Waals surface area (Å²) in [5.74, 6) is 1.54. The van der Waals surface area contributed by atoms with Gasteiger partial charge in [0.25, 0.3) is 0 Å². The van der Waals surface area contributed by atoms with Crippen molar-refractivity contribution in [3.05, 3.63) is 87.9 Å². The summed E-state index contributed by atoms with van der Waals surface area (Å²) in [7, 11) is -2.26. The third kappa shape index (κ3) is 6.12. The number of hydrazone groups is 1. The Hall–Kier alpha value is -2.76. The largest absolute Gasteiger partial charge is 0.557 e.